The molecule has 2 amide bonds. The smallest absolute Gasteiger partial charge is 0.249 e. The van der Waals surface area contributed by atoms with Gasteiger partial charge in [-0.2, -0.15) is 0 Å². The van der Waals surface area contributed by atoms with Crippen molar-refractivity contribution < 1.29 is 9.59 Å². The molecular formula is C29H28N6O2S. The number of hydrogen-bond acceptors (Lipinski definition) is 6. The number of pyridine rings is 1. The lowest BCUT2D eigenvalue weighted by atomic mass is 9.95. The molecule has 2 aromatic carbocycles. The van der Waals surface area contributed by atoms with E-state index in [2.05, 4.69) is 20.6 Å². The number of anilines is 1. The van der Waals surface area contributed by atoms with Crippen molar-refractivity contribution in [1.82, 2.24) is 25.3 Å². The molecule has 3 heterocycles. The van der Waals surface area contributed by atoms with Crippen molar-refractivity contribution in [2.75, 3.05) is 4.90 Å². The van der Waals surface area contributed by atoms with Gasteiger partial charge in [0.2, 0.25) is 11.8 Å². The van der Waals surface area contributed by atoms with Crippen LogP contribution >= 0.6 is 11.3 Å². The first-order valence-electron chi connectivity index (χ1n) is 13.0. The van der Waals surface area contributed by atoms with E-state index >= 15 is 0 Å². The second kappa shape index (κ2) is 10.7. The van der Waals surface area contributed by atoms with Crippen molar-refractivity contribution in [3.63, 3.8) is 0 Å². The number of thiophene rings is 1. The minimum Gasteiger partial charge on any atom is -0.351 e. The number of fused-ring (bicyclic) bond motifs is 2. The summed E-state index contributed by atoms with van der Waals surface area (Å²) in [6.07, 6.45) is 6.99. The molecule has 1 unspecified atom stereocenters. The van der Waals surface area contributed by atoms with E-state index in [1.807, 2.05) is 72.1 Å². The van der Waals surface area contributed by atoms with E-state index < -0.39 is 6.04 Å². The number of rotatable bonds is 7. The summed E-state index contributed by atoms with van der Waals surface area (Å²) >= 11 is 1.47. The van der Waals surface area contributed by atoms with Crippen LogP contribution in [0, 0.1) is 0 Å². The number of benzene rings is 2. The lowest BCUT2D eigenvalue weighted by molar-refractivity contribution is -0.127. The fraction of sp³-hybridized carbons (Fsp3) is 0.276. The number of carbonyl (C=O) groups is 2. The second-order valence-electron chi connectivity index (χ2n) is 9.65. The summed E-state index contributed by atoms with van der Waals surface area (Å²) in [4.78, 5) is 35.1. The summed E-state index contributed by atoms with van der Waals surface area (Å²) in [6, 6.07) is 20.3. The largest absolute Gasteiger partial charge is 0.351 e. The Labute approximate surface area is 224 Å². The highest BCUT2D eigenvalue weighted by Crippen LogP contribution is 2.33. The number of aromatic nitrogens is 4. The molecule has 1 aliphatic rings. The quantitative estimate of drug-likeness (QED) is 0.313. The fourth-order valence-corrected chi connectivity index (χ4v) is 6.03. The monoisotopic (exact) mass is 524 g/mol. The Kier molecular flexibility index (Phi) is 6.83. The van der Waals surface area contributed by atoms with Gasteiger partial charge < -0.3 is 5.32 Å². The van der Waals surface area contributed by atoms with E-state index in [9.17, 15) is 9.59 Å². The van der Waals surface area contributed by atoms with Gasteiger partial charge in [-0.05, 0) is 48.6 Å². The average Bonchev–Trinajstić information content (AvgIpc) is 3.62. The van der Waals surface area contributed by atoms with Gasteiger partial charge in [0.25, 0.3) is 0 Å². The van der Waals surface area contributed by atoms with Crippen LogP contribution in [0.4, 0.5) is 5.69 Å². The molecule has 38 heavy (non-hydrogen) atoms. The Morgan fingerprint density at radius 2 is 1.79 bits per heavy atom. The highest BCUT2D eigenvalue weighted by molar-refractivity contribution is 7.10. The Morgan fingerprint density at radius 1 is 1.00 bits per heavy atom. The summed E-state index contributed by atoms with van der Waals surface area (Å²) in [6.45, 7) is -0.0636. The van der Waals surface area contributed by atoms with Crippen LogP contribution in [0.3, 0.4) is 0 Å². The van der Waals surface area contributed by atoms with Gasteiger partial charge >= 0.3 is 0 Å². The molecule has 1 saturated carbocycles. The molecule has 0 radical (unpaired) electrons. The van der Waals surface area contributed by atoms with Crippen LogP contribution in [0.2, 0.25) is 0 Å². The fourth-order valence-electron chi connectivity index (χ4n) is 5.21. The zero-order chi connectivity index (χ0) is 25.9. The summed E-state index contributed by atoms with van der Waals surface area (Å²) < 4.78 is 1.59. The lowest BCUT2D eigenvalue weighted by Gasteiger charge is -2.32. The molecule has 1 atom stereocenters. The lowest BCUT2D eigenvalue weighted by Crippen LogP contribution is -2.48. The molecule has 8 nitrogen and oxygen atoms in total. The van der Waals surface area contributed by atoms with Crippen LogP contribution in [-0.4, -0.2) is 37.8 Å². The minimum atomic E-state index is -0.831. The van der Waals surface area contributed by atoms with Gasteiger partial charge in [-0.25, -0.2) is 4.68 Å². The van der Waals surface area contributed by atoms with Crippen LogP contribution in [0.5, 0.6) is 0 Å². The Bertz CT molecular complexity index is 1570. The molecule has 0 saturated heterocycles. The molecular weight excluding hydrogens is 496 g/mol. The molecule has 5 aromatic rings. The third kappa shape index (κ3) is 4.89. The normalized spacial score (nSPS) is 14.9. The zero-order valence-corrected chi connectivity index (χ0v) is 21.7. The Hall–Kier alpha value is -4.11. The van der Waals surface area contributed by atoms with Crippen molar-refractivity contribution in [3.8, 4) is 0 Å². The maximum atomic E-state index is 14.2. The van der Waals surface area contributed by atoms with E-state index in [4.69, 9.17) is 0 Å². The van der Waals surface area contributed by atoms with Gasteiger partial charge in [-0.3, -0.25) is 19.5 Å². The molecule has 3 aromatic heterocycles. The molecule has 0 bridgehead atoms. The summed E-state index contributed by atoms with van der Waals surface area (Å²) in [5, 5.41) is 14.5. The first kappa shape index (κ1) is 24.2. The van der Waals surface area contributed by atoms with Crippen LogP contribution in [0.25, 0.3) is 21.9 Å². The number of para-hydroxylation sites is 2. The highest BCUT2D eigenvalue weighted by Gasteiger charge is 2.35. The van der Waals surface area contributed by atoms with E-state index in [1.54, 1.807) is 15.8 Å². The predicted octanol–water partition coefficient (Wildman–Crippen LogP) is 5.26. The zero-order valence-electron chi connectivity index (χ0n) is 20.9. The number of hydrogen-bond donors (Lipinski definition) is 1. The van der Waals surface area contributed by atoms with E-state index in [-0.39, 0.29) is 24.4 Å². The second-order valence-corrected chi connectivity index (χ2v) is 10.6. The topological polar surface area (TPSA) is 93.0 Å². The number of amides is 2. The Balaban J connectivity index is 1.42. The summed E-state index contributed by atoms with van der Waals surface area (Å²) in [5.41, 5.74) is 2.86. The molecule has 6 rings (SSSR count). The summed E-state index contributed by atoms with van der Waals surface area (Å²) in [5.74, 6) is -0.445. The average molecular weight is 525 g/mol. The van der Waals surface area contributed by atoms with Gasteiger partial charge in [0.15, 0.2) is 0 Å². The maximum absolute atomic E-state index is 14.2. The van der Waals surface area contributed by atoms with Gasteiger partial charge in [-0.15, -0.1) is 16.4 Å². The first-order valence-corrected chi connectivity index (χ1v) is 13.8. The predicted molar refractivity (Wildman–Crippen MR) is 149 cm³/mol. The van der Waals surface area contributed by atoms with Gasteiger partial charge in [0.1, 0.15) is 18.1 Å². The third-order valence-electron chi connectivity index (χ3n) is 7.10. The number of nitrogens with zero attached hydrogens (tertiary/aromatic N) is 5. The maximum Gasteiger partial charge on any atom is 0.249 e. The first-order chi connectivity index (χ1) is 18.7. The molecule has 1 fully saturated rings. The van der Waals surface area contributed by atoms with Crippen molar-refractivity contribution >= 4 is 50.8 Å². The third-order valence-corrected chi connectivity index (χ3v) is 8.02. The van der Waals surface area contributed by atoms with E-state index in [0.29, 0.717) is 11.2 Å². The van der Waals surface area contributed by atoms with Gasteiger partial charge in [0.05, 0.1) is 22.9 Å². The van der Waals surface area contributed by atoms with Gasteiger partial charge in [0, 0.05) is 16.3 Å². The van der Waals surface area contributed by atoms with Crippen molar-refractivity contribution in [2.45, 2.75) is 50.7 Å². The van der Waals surface area contributed by atoms with E-state index in [1.165, 1.54) is 17.8 Å². The molecule has 192 valence electrons. The summed E-state index contributed by atoms with van der Waals surface area (Å²) in [7, 11) is 0. The standard InChI is InChI=1S/C29H28N6O2S/c36-27(19-34-25-14-7-6-13-24(25)32-33-34)35(22-17-20-9-4-5-12-23(20)30-18-22)28(26-15-8-16-38-26)29(37)31-21-10-2-1-3-11-21/h4-9,12-18,21,28H,1-3,10-11,19H2,(H,31,37). The van der Waals surface area contributed by atoms with Crippen LogP contribution < -0.4 is 10.2 Å². The molecule has 0 aliphatic heterocycles. The SMILES string of the molecule is O=C(NC1CCCCC1)C(c1cccs1)N(C(=O)Cn1nnc2ccccc21)c1cnc2ccccc2c1. The number of carbonyl (C=O) groups excluding carboxylic acids is 2. The van der Waals surface area contributed by atoms with Gasteiger partial charge in [-0.1, -0.05) is 60.9 Å². The molecule has 9 heteroatoms. The van der Waals surface area contributed by atoms with Crippen LogP contribution in [0.15, 0.2) is 78.3 Å². The van der Waals surface area contributed by atoms with Crippen LogP contribution in [-0.2, 0) is 16.1 Å². The van der Waals surface area contributed by atoms with E-state index in [0.717, 1.165) is 47.0 Å². The van der Waals surface area contributed by atoms with Crippen LogP contribution in [0.1, 0.15) is 43.0 Å². The Morgan fingerprint density at radius 3 is 2.61 bits per heavy atom. The van der Waals surface area contributed by atoms with Crippen molar-refractivity contribution in [2.24, 2.45) is 0 Å². The minimum absolute atomic E-state index is 0.0636. The highest BCUT2D eigenvalue weighted by atomic mass is 32.1. The number of nitrogens with one attached hydrogen (secondary N) is 1. The molecule has 0 spiro atoms. The van der Waals surface area contributed by atoms with Crippen molar-refractivity contribution in [3.05, 3.63) is 83.2 Å². The molecule has 1 aliphatic carbocycles. The molecule has 1 N–H and O–H groups in total. The van der Waals surface area contributed by atoms with Crippen molar-refractivity contribution in [1.29, 1.82) is 0 Å².